The van der Waals surface area contributed by atoms with Crippen molar-refractivity contribution < 1.29 is 4.74 Å². The Morgan fingerprint density at radius 1 is 1.10 bits per heavy atom. The zero-order valence-corrected chi connectivity index (χ0v) is 13.2. The van der Waals surface area contributed by atoms with E-state index in [2.05, 4.69) is 23.6 Å². The maximum Gasteiger partial charge on any atom is 0.0623 e. The third kappa shape index (κ3) is 3.03. The molecule has 0 amide bonds. The molecule has 0 bridgehead atoms. The standard InChI is InChI=1S/C16H31N3O/c1-13(2)19-8-5-16(12-19)3-6-18(7-4-16)15-9-14(17)10-20-11-15/h13-15H,3-12,17H2,1-2H3. The average Bonchev–Trinajstić information content (AvgIpc) is 2.84. The van der Waals surface area contributed by atoms with Gasteiger partial charge in [0.05, 0.1) is 13.2 Å². The number of nitrogens with two attached hydrogens (primary N) is 1. The Kier molecular flexibility index (Phi) is 4.37. The molecule has 2 unspecified atom stereocenters. The maximum atomic E-state index is 6.04. The van der Waals surface area contributed by atoms with E-state index in [9.17, 15) is 0 Å². The summed E-state index contributed by atoms with van der Waals surface area (Å²) in [7, 11) is 0. The molecule has 4 heteroatoms. The van der Waals surface area contributed by atoms with Crippen LogP contribution >= 0.6 is 0 Å². The third-order valence-electron chi connectivity index (χ3n) is 5.79. The second-order valence-corrected chi connectivity index (χ2v) is 7.54. The van der Waals surface area contributed by atoms with E-state index < -0.39 is 0 Å². The van der Waals surface area contributed by atoms with Gasteiger partial charge in [0, 0.05) is 24.7 Å². The van der Waals surface area contributed by atoms with Gasteiger partial charge in [0.1, 0.15) is 0 Å². The Hall–Kier alpha value is -0.160. The van der Waals surface area contributed by atoms with Crippen LogP contribution in [0.4, 0.5) is 0 Å². The summed E-state index contributed by atoms with van der Waals surface area (Å²) in [5, 5.41) is 0. The topological polar surface area (TPSA) is 41.7 Å². The Balaban J connectivity index is 1.52. The molecule has 0 aromatic heterocycles. The third-order valence-corrected chi connectivity index (χ3v) is 5.79. The van der Waals surface area contributed by atoms with Crippen LogP contribution in [0.1, 0.15) is 39.5 Å². The summed E-state index contributed by atoms with van der Waals surface area (Å²) in [5.41, 5.74) is 6.65. The fourth-order valence-electron chi connectivity index (χ4n) is 4.28. The van der Waals surface area contributed by atoms with Gasteiger partial charge in [0.15, 0.2) is 0 Å². The molecular weight excluding hydrogens is 250 g/mol. The van der Waals surface area contributed by atoms with Crippen LogP contribution in [0.5, 0.6) is 0 Å². The number of hydrogen-bond acceptors (Lipinski definition) is 4. The van der Waals surface area contributed by atoms with E-state index >= 15 is 0 Å². The molecule has 3 rings (SSSR count). The van der Waals surface area contributed by atoms with Gasteiger partial charge in [-0.15, -0.1) is 0 Å². The molecule has 0 radical (unpaired) electrons. The molecule has 0 aromatic carbocycles. The van der Waals surface area contributed by atoms with Crippen LogP contribution in [0.2, 0.25) is 0 Å². The monoisotopic (exact) mass is 281 g/mol. The fraction of sp³-hybridized carbons (Fsp3) is 1.00. The summed E-state index contributed by atoms with van der Waals surface area (Å²) >= 11 is 0. The molecule has 2 atom stereocenters. The van der Waals surface area contributed by atoms with Crippen LogP contribution in [0.25, 0.3) is 0 Å². The summed E-state index contributed by atoms with van der Waals surface area (Å²) in [4.78, 5) is 5.30. The number of hydrogen-bond donors (Lipinski definition) is 1. The molecule has 20 heavy (non-hydrogen) atoms. The predicted octanol–water partition coefficient (Wildman–Crippen LogP) is 1.30. The lowest BCUT2D eigenvalue weighted by Gasteiger charge is -2.44. The van der Waals surface area contributed by atoms with Gasteiger partial charge in [-0.05, 0) is 64.6 Å². The van der Waals surface area contributed by atoms with Crippen molar-refractivity contribution in [1.29, 1.82) is 0 Å². The first-order valence-corrected chi connectivity index (χ1v) is 8.39. The van der Waals surface area contributed by atoms with Crippen molar-refractivity contribution in [2.45, 2.75) is 57.7 Å². The molecule has 116 valence electrons. The molecule has 2 N–H and O–H groups in total. The molecule has 0 aromatic rings. The van der Waals surface area contributed by atoms with E-state index in [1.54, 1.807) is 0 Å². The van der Waals surface area contributed by atoms with Gasteiger partial charge >= 0.3 is 0 Å². The highest BCUT2D eigenvalue weighted by Gasteiger charge is 2.42. The summed E-state index contributed by atoms with van der Waals surface area (Å²) < 4.78 is 5.64. The first-order chi connectivity index (χ1) is 9.58. The van der Waals surface area contributed by atoms with Crippen LogP contribution in [0.3, 0.4) is 0 Å². The van der Waals surface area contributed by atoms with E-state index in [1.807, 2.05) is 0 Å². The Labute approximate surface area is 123 Å². The molecule has 3 heterocycles. The largest absolute Gasteiger partial charge is 0.378 e. The van der Waals surface area contributed by atoms with Gasteiger partial charge in [0.2, 0.25) is 0 Å². The highest BCUT2D eigenvalue weighted by Crippen LogP contribution is 2.41. The molecule has 3 aliphatic heterocycles. The molecule has 0 aliphatic carbocycles. The number of ether oxygens (including phenoxy) is 1. The predicted molar refractivity (Wildman–Crippen MR) is 81.8 cm³/mol. The first kappa shape index (κ1) is 14.8. The SMILES string of the molecule is CC(C)N1CCC2(CCN(C3COCC(N)C3)CC2)C1. The summed E-state index contributed by atoms with van der Waals surface area (Å²) in [6, 6.07) is 1.52. The summed E-state index contributed by atoms with van der Waals surface area (Å²) in [6.07, 6.45) is 5.24. The minimum Gasteiger partial charge on any atom is -0.378 e. The lowest BCUT2D eigenvalue weighted by atomic mass is 9.77. The van der Waals surface area contributed by atoms with Gasteiger partial charge in [-0.1, -0.05) is 0 Å². The molecule has 3 aliphatic rings. The zero-order chi connectivity index (χ0) is 14.2. The lowest BCUT2D eigenvalue weighted by molar-refractivity contribution is -0.0160. The van der Waals surface area contributed by atoms with Crippen LogP contribution in [0, 0.1) is 5.41 Å². The van der Waals surface area contributed by atoms with Crippen molar-refractivity contribution in [3.05, 3.63) is 0 Å². The minimum atomic E-state index is 0.243. The number of rotatable bonds is 2. The second kappa shape index (κ2) is 5.91. The van der Waals surface area contributed by atoms with Gasteiger partial charge in [-0.3, -0.25) is 4.90 Å². The minimum absolute atomic E-state index is 0.243. The van der Waals surface area contributed by atoms with Gasteiger partial charge in [-0.2, -0.15) is 0 Å². The van der Waals surface area contributed by atoms with Crippen molar-refractivity contribution in [2.24, 2.45) is 11.1 Å². The van der Waals surface area contributed by atoms with Crippen LogP contribution in [-0.2, 0) is 4.74 Å². The van der Waals surface area contributed by atoms with Crippen molar-refractivity contribution in [2.75, 3.05) is 39.4 Å². The van der Waals surface area contributed by atoms with Crippen LogP contribution in [-0.4, -0.2) is 67.3 Å². The van der Waals surface area contributed by atoms with Gasteiger partial charge in [0.25, 0.3) is 0 Å². The summed E-state index contributed by atoms with van der Waals surface area (Å²) in [5.74, 6) is 0. The highest BCUT2D eigenvalue weighted by atomic mass is 16.5. The number of nitrogens with zero attached hydrogens (tertiary/aromatic N) is 2. The quantitative estimate of drug-likeness (QED) is 0.828. The number of likely N-dealkylation sites (tertiary alicyclic amines) is 2. The van der Waals surface area contributed by atoms with Crippen LogP contribution in [0.15, 0.2) is 0 Å². The Bertz CT molecular complexity index is 326. The Morgan fingerprint density at radius 2 is 1.80 bits per heavy atom. The molecular formula is C16H31N3O. The van der Waals surface area contributed by atoms with Crippen LogP contribution < -0.4 is 5.73 Å². The van der Waals surface area contributed by atoms with Crippen molar-refractivity contribution in [3.8, 4) is 0 Å². The second-order valence-electron chi connectivity index (χ2n) is 7.54. The van der Waals surface area contributed by atoms with Gasteiger partial charge < -0.3 is 15.4 Å². The molecule has 1 spiro atoms. The highest BCUT2D eigenvalue weighted by molar-refractivity contribution is 4.96. The van der Waals surface area contributed by atoms with E-state index in [0.717, 1.165) is 19.6 Å². The van der Waals surface area contributed by atoms with Crippen molar-refractivity contribution in [1.82, 2.24) is 9.80 Å². The molecule has 4 nitrogen and oxygen atoms in total. The van der Waals surface area contributed by atoms with E-state index in [4.69, 9.17) is 10.5 Å². The maximum absolute atomic E-state index is 6.04. The fourth-order valence-corrected chi connectivity index (χ4v) is 4.28. The van der Waals surface area contributed by atoms with E-state index in [1.165, 1.54) is 45.4 Å². The molecule has 0 saturated carbocycles. The lowest BCUT2D eigenvalue weighted by Crippen LogP contribution is -2.52. The molecule has 3 saturated heterocycles. The van der Waals surface area contributed by atoms with Crippen molar-refractivity contribution in [3.63, 3.8) is 0 Å². The number of piperidine rings is 1. The first-order valence-electron chi connectivity index (χ1n) is 8.39. The zero-order valence-electron chi connectivity index (χ0n) is 13.2. The summed E-state index contributed by atoms with van der Waals surface area (Å²) in [6.45, 7) is 11.4. The van der Waals surface area contributed by atoms with E-state index in [0.29, 0.717) is 17.5 Å². The molecule has 3 fully saturated rings. The average molecular weight is 281 g/mol. The van der Waals surface area contributed by atoms with Crippen molar-refractivity contribution >= 4 is 0 Å². The normalized spacial score (nSPS) is 36.0. The van der Waals surface area contributed by atoms with Gasteiger partial charge in [-0.25, -0.2) is 0 Å². The smallest absolute Gasteiger partial charge is 0.0623 e. The Morgan fingerprint density at radius 3 is 2.40 bits per heavy atom. The van der Waals surface area contributed by atoms with E-state index in [-0.39, 0.29) is 6.04 Å².